The van der Waals surface area contributed by atoms with Crippen molar-refractivity contribution in [2.75, 3.05) is 6.61 Å². The number of aliphatic hydroxyl groups is 3. The maximum Gasteiger partial charge on any atom is 0.330 e. The van der Waals surface area contributed by atoms with Gasteiger partial charge >= 0.3 is 5.69 Å². The number of aromatic nitrogens is 4. The predicted octanol–water partition coefficient (Wildman–Crippen LogP) is -2.32. The number of nitrogens with zero attached hydrogens (tertiary/aromatic N) is 3. The van der Waals surface area contributed by atoms with Crippen LogP contribution >= 0.6 is 0 Å². The van der Waals surface area contributed by atoms with Gasteiger partial charge in [-0.2, -0.15) is 0 Å². The van der Waals surface area contributed by atoms with Crippen LogP contribution in [-0.4, -0.2) is 59.3 Å². The van der Waals surface area contributed by atoms with E-state index in [1.165, 1.54) is 17.0 Å². The van der Waals surface area contributed by atoms with E-state index in [0.717, 1.165) is 4.57 Å². The number of rotatable bonds is 4. The van der Waals surface area contributed by atoms with E-state index < -0.39 is 42.4 Å². The van der Waals surface area contributed by atoms with Crippen molar-refractivity contribution in [2.45, 2.75) is 31.1 Å². The van der Waals surface area contributed by atoms with Crippen molar-refractivity contribution in [1.82, 2.24) is 19.1 Å². The van der Waals surface area contributed by atoms with Crippen molar-refractivity contribution < 1.29 is 20.1 Å². The summed E-state index contributed by atoms with van der Waals surface area (Å²) in [6, 6.07) is 0. The second kappa shape index (κ2) is 5.74. The van der Waals surface area contributed by atoms with E-state index in [0.29, 0.717) is 0 Å². The molecule has 0 bridgehead atoms. The maximum atomic E-state index is 12.3. The van der Waals surface area contributed by atoms with Crippen LogP contribution in [-0.2, 0) is 11.3 Å². The molecule has 0 spiro atoms. The number of hydrogen-bond acceptors (Lipinski definition) is 7. The second-order valence-electron chi connectivity index (χ2n) is 5.21. The number of allylic oxidation sites excluding steroid dienone is 1. The lowest BCUT2D eigenvalue weighted by molar-refractivity contribution is -0.0511. The normalized spacial score (nSPS) is 27.6. The zero-order valence-electron chi connectivity index (χ0n) is 12.0. The standard InChI is InChI=1S/C13H16N4O6/c1-2-3-16-11(21)7-10(15-13(16)22)17(5-14-7)12-9(20)8(19)6(4-18)23-12/h2,5-6,8-9,12,18-20H,1,3-4H2,(H,15,22)/t6-,8-,9-,12-/m1/s1. The Bertz CT molecular complexity index is 852. The molecule has 3 rings (SSSR count). The van der Waals surface area contributed by atoms with Crippen molar-refractivity contribution >= 4 is 11.2 Å². The van der Waals surface area contributed by atoms with Crippen LogP contribution in [0.2, 0.25) is 0 Å². The van der Waals surface area contributed by atoms with Crippen LogP contribution in [0.4, 0.5) is 0 Å². The van der Waals surface area contributed by atoms with E-state index in [1.54, 1.807) is 0 Å². The largest absolute Gasteiger partial charge is 0.394 e. The smallest absolute Gasteiger partial charge is 0.330 e. The Balaban J connectivity index is 2.13. The van der Waals surface area contributed by atoms with Gasteiger partial charge in [0.25, 0.3) is 5.56 Å². The number of hydrogen-bond donors (Lipinski definition) is 4. The Kier molecular flexibility index (Phi) is 3.90. The summed E-state index contributed by atoms with van der Waals surface area (Å²) in [6.45, 7) is 3.03. The van der Waals surface area contributed by atoms with Crippen LogP contribution in [0.3, 0.4) is 0 Å². The van der Waals surface area contributed by atoms with Crippen molar-refractivity contribution in [3.8, 4) is 0 Å². The van der Waals surface area contributed by atoms with Gasteiger partial charge in [0.2, 0.25) is 0 Å². The molecular weight excluding hydrogens is 308 g/mol. The molecule has 0 unspecified atom stereocenters. The molecule has 0 aliphatic carbocycles. The molecule has 1 aliphatic rings. The predicted molar refractivity (Wildman–Crippen MR) is 77.8 cm³/mol. The molecule has 1 saturated heterocycles. The molecule has 0 amide bonds. The van der Waals surface area contributed by atoms with Gasteiger partial charge in [0, 0.05) is 6.54 Å². The summed E-state index contributed by atoms with van der Waals surface area (Å²) in [7, 11) is 0. The van der Waals surface area contributed by atoms with Crippen LogP contribution in [0.15, 0.2) is 28.6 Å². The van der Waals surface area contributed by atoms with Gasteiger partial charge in [-0.1, -0.05) is 6.08 Å². The molecule has 0 aromatic carbocycles. The zero-order valence-corrected chi connectivity index (χ0v) is 12.0. The van der Waals surface area contributed by atoms with Crippen LogP contribution in [0.5, 0.6) is 0 Å². The molecule has 2 aromatic rings. The van der Waals surface area contributed by atoms with Crippen LogP contribution < -0.4 is 11.2 Å². The Morgan fingerprint density at radius 2 is 2.13 bits per heavy atom. The number of aliphatic hydroxyl groups excluding tert-OH is 3. The molecule has 0 radical (unpaired) electrons. The SMILES string of the molecule is C=CCn1c(=O)[nH]c2c(ncn2[C@@H]2O[C@H](CO)[C@@H](O)[C@H]2O)c1=O. The van der Waals surface area contributed by atoms with Gasteiger partial charge in [-0.05, 0) is 0 Å². The number of fused-ring (bicyclic) bond motifs is 1. The minimum absolute atomic E-state index is 0.0100. The van der Waals surface area contributed by atoms with Gasteiger partial charge in [-0.25, -0.2) is 9.78 Å². The fraction of sp³-hybridized carbons (Fsp3) is 0.462. The molecule has 4 atom stereocenters. The molecule has 4 N–H and O–H groups in total. The zero-order chi connectivity index (χ0) is 16.7. The monoisotopic (exact) mass is 324 g/mol. The third kappa shape index (κ3) is 2.32. The fourth-order valence-corrected chi connectivity index (χ4v) is 2.63. The summed E-state index contributed by atoms with van der Waals surface area (Å²) in [6.07, 6.45) is -2.07. The summed E-state index contributed by atoms with van der Waals surface area (Å²) < 4.78 is 7.56. The Morgan fingerprint density at radius 1 is 1.39 bits per heavy atom. The topological polar surface area (TPSA) is 143 Å². The van der Waals surface area contributed by atoms with E-state index in [-0.39, 0.29) is 17.7 Å². The molecule has 0 saturated carbocycles. The van der Waals surface area contributed by atoms with E-state index in [4.69, 9.17) is 9.84 Å². The molecule has 3 heterocycles. The third-order valence-corrected chi connectivity index (χ3v) is 3.81. The van der Waals surface area contributed by atoms with Crippen LogP contribution in [0, 0.1) is 0 Å². The van der Waals surface area contributed by atoms with Crippen molar-refractivity contribution in [2.24, 2.45) is 0 Å². The van der Waals surface area contributed by atoms with Crippen LogP contribution in [0.25, 0.3) is 11.2 Å². The maximum absolute atomic E-state index is 12.3. The van der Waals surface area contributed by atoms with Crippen molar-refractivity contribution in [3.05, 3.63) is 39.8 Å². The highest BCUT2D eigenvalue weighted by Gasteiger charge is 2.44. The summed E-state index contributed by atoms with van der Waals surface area (Å²) >= 11 is 0. The Morgan fingerprint density at radius 3 is 2.74 bits per heavy atom. The highest BCUT2D eigenvalue weighted by molar-refractivity contribution is 5.69. The number of H-pyrrole nitrogens is 1. The molecule has 10 heteroatoms. The highest BCUT2D eigenvalue weighted by atomic mass is 16.6. The lowest BCUT2D eigenvalue weighted by atomic mass is 10.1. The quantitative estimate of drug-likeness (QED) is 0.462. The summed E-state index contributed by atoms with van der Waals surface area (Å²) in [5.41, 5.74) is -1.20. The minimum Gasteiger partial charge on any atom is -0.394 e. The first kappa shape index (κ1) is 15.6. The molecule has 10 nitrogen and oxygen atoms in total. The van der Waals surface area contributed by atoms with Gasteiger partial charge in [-0.3, -0.25) is 18.9 Å². The molecule has 2 aromatic heterocycles. The van der Waals surface area contributed by atoms with Gasteiger partial charge < -0.3 is 20.1 Å². The first-order chi connectivity index (χ1) is 11.0. The average molecular weight is 324 g/mol. The number of nitrogens with one attached hydrogen (secondary N) is 1. The summed E-state index contributed by atoms with van der Waals surface area (Å²) in [5.74, 6) is 0. The highest BCUT2D eigenvalue weighted by Crippen LogP contribution is 2.30. The second-order valence-corrected chi connectivity index (χ2v) is 5.21. The fourth-order valence-electron chi connectivity index (χ4n) is 2.63. The lowest BCUT2D eigenvalue weighted by Gasteiger charge is -2.16. The molecule has 23 heavy (non-hydrogen) atoms. The van der Waals surface area contributed by atoms with Gasteiger partial charge in [0.15, 0.2) is 11.7 Å². The van der Waals surface area contributed by atoms with E-state index in [2.05, 4.69) is 16.5 Å². The van der Waals surface area contributed by atoms with Crippen LogP contribution in [0.1, 0.15) is 6.23 Å². The summed E-state index contributed by atoms with van der Waals surface area (Å²) in [4.78, 5) is 30.7. The third-order valence-electron chi connectivity index (χ3n) is 3.81. The molecule has 1 fully saturated rings. The minimum atomic E-state index is -1.34. The average Bonchev–Trinajstić information content (AvgIpc) is 3.06. The molecular formula is C13H16N4O6. The number of aromatic amines is 1. The van der Waals surface area contributed by atoms with E-state index in [9.17, 15) is 19.8 Å². The van der Waals surface area contributed by atoms with Gasteiger partial charge in [0.05, 0.1) is 12.9 Å². The first-order valence-corrected chi connectivity index (χ1v) is 6.92. The van der Waals surface area contributed by atoms with E-state index >= 15 is 0 Å². The number of imidazole rings is 1. The molecule has 1 aliphatic heterocycles. The van der Waals surface area contributed by atoms with Crippen molar-refractivity contribution in [1.29, 1.82) is 0 Å². The Labute approximate surface area is 128 Å². The first-order valence-electron chi connectivity index (χ1n) is 6.92. The Hall–Kier alpha value is -2.27. The van der Waals surface area contributed by atoms with Crippen molar-refractivity contribution in [3.63, 3.8) is 0 Å². The van der Waals surface area contributed by atoms with Gasteiger partial charge in [0.1, 0.15) is 24.0 Å². The van der Waals surface area contributed by atoms with Gasteiger partial charge in [-0.15, -0.1) is 6.58 Å². The lowest BCUT2D eigenvalue weighted by Crippen LogP contribution is -2.35. The molecule has 124 valence electrons. The number of ether oxygens (including phenoxy) is 1. The van der Waals surface area contributed by atoms with E-state index in [1.807, 2.05) is 0 Å². The summed E-state index contributed by atoms with van der Waals surface area (Å²) in [5, 5.41) is 29.0.